The largest absolute Gasteiger partial charge is 0.481 e. The van der Waals surface area contributed by atoms with Gasteiger partial charge in [-0.05, 0) is 52.0 Å². The normalized spacial score (nSPS) is 22.7. The summed E-state index contributed by atoms with van der Waals surface area (Å²) in [6.07, 6.45) is 1.71. The van der Waals surface area contributed by atoms with Crippen molar-refractivity contribution in [2.75, 3.05) is 13.1 Å². The topological polar surface area (TPSA) is 78.6 Å². The third-order valence-corrected chi connectivity index (χ3v) is 6.43. The maximum Gasteiger partial charge on any atom is 0.313 e. The van der Waals surface area contributed by atoms with Gasteiger partial charge in [0, 0.05) is 37.4 Å². The second kappa shape index (κ2) is 9.09. The van der Waals surface area contributed by atoms with E-state index in [9.17, 15) is 15.0 Å². The lowest BCUT2D eigenvalue weighted by Gasteiger charge is -2.43. The van der Waals surface area contributed by atoms with Crippen LogP contribution in [0.1, 0.15) is 48.7 Å². The minimum Gasteiger partial charge on any atom is -0.481 e. The molecule has 0 unspecified atom stereocenters. The summed E-state index contributed by atoms with van der Waals surface area (Å²) in [5.74, 6) is -0.888. The molecule has 6 heteroatoms. The second-order valence-corrected chi connectivity index (χ2v) is 8.28. The number of aliphatic hydroxyl groups is 1. The van der Waals surface area contributed by atoms with Crippen LogP contribution in [-0.2, 0) is 24.3 Å². The summed E-state index contributed by atoms with van der Waals surface area (Å²) in [7, 11) is 0. The lowest BCUT2D eigenvalue weighted by Crippen LogP contribution is -2.55. The van der Waals surface area contributed by atoms with Crippen molar-refractivity contribution < 1.29 is 15.0 Å². The molecule has 0 aliphatic carbocycles. The quantitative estimate of drug-likeness (QED) is 0.713. The van der Waals surface area contributed by atoms with Crippen LogP contribution in [0, 0.1) is 19.3 Å². The van der Waals surface area contributed by atoms with Crippen LogP contribution in [0.4, 0.5) is 0 Å². The minimum atomic E-state index is -1.12. The van der Waals surface area contributed by atoms with Crippen molar-refractivity contribution in [3.63, 3.8) is 0 Å². The molecule has 0 bridgehead atoms. The number of carboxylic acid groups (broad SMARTS) is 1. The molecule has 1 saturated heterocycles. The van der Waals surface area contributed by atoms with Crippen LogP contribution in [0.15, 0.2) is 30.3 Å². The van der Waals surface area contributed by atoms with Crippen molar-refractivity contribution in [1.29, 1.82) is 0 Å². The number of piperidine rings is 1. The van der Waals surface area contributed by atoms with Crippen LogP contribution >= 0.6 is 0 Å². The summed E-state index contributed by atoms with van der Waals surface area (Å²) in [6, 6.07) is 10.1. The van der Waals surface area contributed by atoms with Gasteiger partial charge in [-0.1, -0.05) is 30.3 Å². The van der Waals surface area contributed by atoms with Gasteiger partial charge in [-0.15, -0.1) is 0 Å². The van der Waals surface area contributed by atoms with Gasteiger partial charge in [-0.2, -0.15) is 5.10 Å². The number of aryl methyl sites for hydroxylation is 3. The van der Waals surface area contributed by atoms with Gasteiger partial charge >= 0.3 is 5.97 Å². The molecule has 29 heavy (non-hydrogen) atoms. The van der Waals surface area contributed by atoms with Gasteiger partial charge in [0.1, 0.15) is 5.41 Å². The van der Waals surface area contributed by atoms with E-state index in [-0.39, 0.29) is 0 Å². The van der Waals surface area contributed by atoms with Gasteiger partial charge in [0.25, 0.3) is 0 Å². The maximum absolute atomic E-state index is 12.3. The summed E-state index contributed by atoms with van der Waals surface area (Å²) >= 11 is 0. The molecule has 1 fully saturated rings. The zero-order valence-corrected chi connectivity index (χ0v) is 17.8. The highest BCUT2D eigenvalue weighted by Gasteiger charge is 2.48. The number of likely N-dealkylation sites (tertiary alicyclic amines) is 1. The Morgan fingerprint density at radius 2 is 2.00 bits per heavy atom. The maximum atomic E-state index is 12.3. The number of benzene rings is 1. The summed E-state index contributed by atoms with van der Waals surface area (Å²) < 4.78 is 1.99. The van der Waals surface area contributed by atoms with Crippen molar-refractivity contribution in [3.05, 3.63) is 52.8 Å². The van der Waals surface area contributed by atoms with E-state index < -0.39 is 17.5 Å². The molecule has 158 valence electrons. The number of hydrogen-bond acceptors (Lipinski definition) is 4. The summed E-state index contributed by atoms with van der Waals surface area (Å²) in [4.78, 5) is 14.5. The molecule has 2 heterocycles. The smallest absolute Gasteiger partial charge is 0.313 e. The molecule has 0 amide bonds. The first-order valence-electron chi connectivity index (χ1n) is 10.6. The number of aromatic nitrogens is 2. The van der Waals surface area contributed by atoms with E-state index in [4.69, 9.17) is 0 Å². The number of aliphatic carboxylic acids is 1. The first kappa shape index (κ1) is 21.5. The molecule has 2 atom stereocenters. The Labute approximate surface area is 173 Å². The molecular weight excluding hydrogens is 366 g/mol. The summed E-state index contributed by atoms with van der Waals surface area (Å²) in [6.45, 7) is 8.73. The molecule has 2 aromatic rings. The fraction of sp³-hybridized carbons (Fsp3) is 0.565. The Morgan fingerprint density at radius 1 is 1.28 bits per heavy atom. The van der Waals surface area contributed by atoms with E-state index >= 15 is 0 Å². The van der Waals surface area contributed by atoms with Crippen molar-refractivity contribution >= 4 is 5.97 Å². The number of rotatable bonds is 8. The number of aliphatic hydroxyl groups excluding tert-OH is 1. The molecular formula is C23H33N3O3. The highest BCUT2D eigenvalue weighted by atomic mass is 16.4. The van der Waals surface area contributed by atoms with E-state index in [0.29, 0.717) is 32.5 Å². The Bertz CT molecular complexity index is 833. The molecule has 0 saturated carbocycles. The monoisotopic (exact) mass is 399 g/mol. The molecule has 0 radical (unpaired) electrons. The number of carboxylic acids is 1. The van der Waals surface area contributed by atoms with Crippen LogP contribution < -0.4 is 0 Å². The SMILES string of the molecule is CCn1nc(C)c(CN2CC[C@H](O)[C@](CCCc3ccccc3)(C(=O)O)C2)c1C. The Kier molecular flexibility index (Phi) is 6.75. The highest BCUT2D eigenvalue weighted by Crippen LogP contribution is 2.37. The Hall–Kier alpha value is -2.18. The van der Waals surface area contributed by atoms with Gasteiger partial charge in [0.05, 0.1) is 11.8 Å². The Morgan fingerprint density at radius 3 is 2.62 bits per heavy atom. The summed E-state index contributed by atoms with van der Waals surface area (Å²) in [5.41, 5.74) is 3.40. The lowest BCUT2D eigenvalue weighted by molar-refractivity contribution is -0.164. The highest BCUT2D eigenvalue weighted by molar-refractivity contribution is 5.76. The number of hydrogen-bond donors (Lipinski definition) is 2. The fourth-order valence-electron chi connectivity index (χ4n) is 4.61. The van der Waals surface area contributed by atoms with Gasteiger partial charge in [-0.25, -0.2) is 0 Å². The average molecular weight is 400 g/mol. The number of carbonyl (C=O) groups is 1. The fourth-order valence-corrected chi connectivity index (χ4v) is 4.61. The van der Waals surface area contributed by atoms with Crippen molar-refractivity contribution in [2.45, 2.75) is 65.6 Å². The first-order valence-corrected chi connectivity index (χ1v) is 10.6. The van der Waals surface area contributed by atoms with Crippen molar-refractivity contribution in [3.8, 4) is 0 Å². The lowest BCUT2D eigenvalue weighted by atomic mass is 9.73. The van der Waals surface area contributed by atoms with E-state index in [1.165, 1.54) is 11.1 Å². The van der Waals surface area contributed by atoms with Gasteiger partial charge in [-0.3, -0.25) is 14.4 Å². The van der Waals surface area contributed by atoms with Crippen LogP contribution in [-0.4, -0.2) is 50.1 Å². The van der Waals surface area contributed by atoms with E-state index in [1.54, 1.807) is 0 Å². The Balaban J connectivity index is 1.73. The predicted molar refractivity (Wildman–Crippen MR) is 113 cm³/mol. The molecule has 2 N–H and O–H groups in total. The van der Waals surface area contributed by atoms with Crippen molar-refractivity contribution in [2.24, 2.45) is 5.41 Å². The van der Waals surface area contributed by atoms with Crippen LogP contribution in [0.25, 0.3) is 0 Å². The zero-order valence-electron chi connectivity index (χ0n) is 17.8. The zero-order chi connectivity index (χ0) is 21.0. The third kappa shape index (κ3) is 4.54. The molecule has 3 rings (SSSR count). The average Bonchev–Trinajstić information content (AvgIpc) is 2.98. The molecule has 0 spiro atoms. The molecule has 6 nitrogen and oxygen atoms in total. The second-order valence-electron chi connectivity index (χ2n) is 8.28. The molecule has 1 aliphatic rings. The standard InChI is InChI=1S/C23H33N3O3/c1-4-26-18(3)20(17(2)24-26)15-25-14-12-21(27)23(16-25,22(28)29)13-8-11-19-9-6-5-7-10-19/h5-7,9-10,21,27H,4,8,11-16H2,1-3H3,(H,28,29)/t21-,23+/m0/s1. The molecule has 1 aromatic carbocycles. The van der Waals surface area contributed by atoms with Crippen molar-refractivity contribution in [1.82, 2.24) is 14.7 Å². The van der Waals surface area contributed by atoms with Crippen LogP contribution in [0.5, 0.6) is 0 Å². The van der Waals surface area contributed by atoms with Crippen LogP contribution in [0.3, 0.4) is 0 Å². The molecule has 1 aliphatic heterocycles. The van der Waals surface area contributed by atoms with E-state index in [0.717, 1.165) is 30.8 Å². The van der Waals surface area contributed by atoms with Gasteiger partial charge < -0.3 is 10.2 Å². The van der Waals surface area contributed by atoms with E-state index in [2.05, 4.69) is 36.0 Å². The predicted octanol–water partition coefficient (Wildman–Crippen LogP) is 3.18. The minimum absolute atomic E-state index is 0.370. The van der Waals surface area contributed by atoms with E-state index in [1.807, 2.05) is 29.8 Å². The van der Waals surface area contributed by atoms with Crippen LogP contribution in [0.2, 0.25) is 0 Å². The van der Waals surface area contributed by atoms with Gasteiger partial charge in [0.2, 0.25) is 0 Å². The molecule has 1 aromatic heterocycles. The third-order valence-electron chi connectivity index (χ3n) is 6.43. The van der Waals surface area contributed by atoms with Gasteiger partial charge in [0.15, 0.2) is 0 Å². The first-order chi connectivity index (χ1) is 13.9. The number of nitrogens with zero attached hydrogens (tertiary/aromatic N) is 3. The summed E-state index contributed by atoms with van der Waals surface area (Å²) in [5, 5.41) is 25.4.